The monoisotopic (exact) mass is 404 g/mol. The van der Waals surface area contributed by atoms with Crippen LogP contribution in [0, 0.1) is 0 Å². The molecule has 102 valence electrons. The standard InChI is InChI=1S/C13H14Br2N2OS/c1-2-16-5-9-3-11(14)13(12(15)4-9)18-7-10-6-17-8-19-10/h3-4,6,8,16H,2,5,7H2,1H3. The van der Waals surface area contributed by atoms with E-state index in [0.29, 0.717) is 6.61 Å². The molecule has 0 radical (unpaired) electrons. The molecule has 0 saturated carbocycles. The molecule has 0 unspecified atom stereocenters. The Hall–Kier alpha value is -0.430. The molecule has 0 spiro atoms. The van der Waals surface area contributed by atoms with Crippen LogP contribution in [-0.2, 0) is 13.2 Å². The van der Waals surface area contributed by atoms with Crippen LogP contribution < -0.4 is 10.1 Å². The van der Waals surface area contributed by atoms with Gasteiger partial charge in [0.2, 0.25) is 0 Å². The van der Waals surface area contributed by atoms with E-state index in [9.17, 15) is 0 Å². The molecular formula is C13H14Br2N2OS. The van der Waals surface area contributed by atoms with Crippen LogP contribution in [0.15, 0.2) is 32.8 Å². The highest BCUT2D eigenvalue weighted by Crippen LogP contribution is 2.35. The van der Waals surface area contributed by atoms with Gasteiger partial charge in [-0.2, -0.15) is 0 Å². The third-order valence-electron chi connectivity index (χ3n) is 2.48. The largest absolute Gasteiger partial charge is 0.486 e. The van der Waals surface area contributed by atoms with Crippen LogP contribution in [0.5, 0.6) is 5.75 Å². The van der Waals surface area contributed by atoms with Crippen molar-refractivity contribution in [1.82, 2.24) is 10.3 Å². The Morgan fingerprint density at radius 3 is 2.63 bits per heavy atom. The number of thiazole rings is 1. The Labute approximate surface area is 133 Å². The van der Waals surface area contributed by atoms with Gasteiger partial charge in [-0.3, -0.25) is 4.98 Å². The van der Waals surface area contributed by atoms with Gasteiger partial charge < -0.3 is 10.1 Å². The number of hydrogen-bond donors (Lipinski definition) is 1. The van der Waals surface area contributed by atoms with Gasteiger partial charge in [0.05, 0.1) is 19.3 Å². The third-order valence-corrected chi connectivity index (χ3v) is 4.41. The average molecular weight is 406 g/mol. The SMILES string of the molecule is CCNCc1cc(Br)c(OCc2cncs2)c(Br)c1. The Morgan fingerprint density at radius 1 is 1.32 bits per heavy atom. The molecule has 1 aromatic carbocycles. The minimum Gasteiger partial charge on any atom is -0.486 e. The molecule has 0 aliphatic heterocycles. The zero-order valence-corrected chi connectivity index (χ0v) is 14.4. The Bertz CT molecular complexity index is 508. The molecular weight excluding hydrogens is 392 g/mol. The molecule has 1 heterocycles. The van der Waals surface area contributed by atoms with Gasteiger partial charge in [-0.05, 0) is 56.1 Å². The summed E-state index contributed by atoms with van der Waals surface area (Å²) in [5, 5.41) is 3.30. The molecule has 6 heteroatoms. The predicted molar refractivity (Wildman–Crippen MR) is 85.7 cm³/mol. The highest BCUT2D eigenvalue weighted by atomic mass is 79.9. The lowest BCUT2D eigenvalue weighted by molar-refractivity contribution is 0.305. The van der Waals surface area contributed by atoms with Crippen molar-refractivity contribution in [2.24, 2.45) is 0 Å². The van der Waals surface area contributed by atoms with Crippen molar-refractivity contribution < 1.29 is 4.74 Å². The van der Waals surface area contributed by atoms with Gasteiger partial charge in [0.15, 0.2) is 0 Å². The number of hydrogen-bond acceptors (Lipinski definition) is 4. The molecule has 0 bridgehead atoms. The number of rotatable bonds is 6. The highest BCUT2D eigenvalue weighted by Gasteiger charge is 2.09. The number of aromatic nitrogens is 1. The molecule has 0 saturated heterocycles. The van der Waals surface area contributed by atoms with E-state index in [1.165, 1.54) is 5.56 Å². The molecule has 2 rings (SSSR count). The third kappa shape index (κ3) is 4.27. The van der Waals surface area contributed by atoms with Crippen molar-refractivity contribution in [3.63, 3.8) is 0 Å². The fourth-order valence-electron chi connectivity index (χ4n) is 1.58. The topological polar surface area (TPSA) is 34.1 Å². The number of nitrogens with one attached hydrogen (secondary N) is 1. The lowest BCUT2D eigenvalue weighted by Crippen LogP contribution is -2.11. The second-order valence-electron chi connectivity index (χ2n) is 3.93. The summed E-state index contributed by atoms with van der Waals surface area (Å²) in [5.41, 5.74) is 3.02. The summed E-state index contributed by atoms with van der Waals surface area (Å²) < 4.78 is 7.74. The van der Waals surface area contributed by atoms with Crippen molar-refractivity contribution in [3.8, 4) is 5.75 Å². The van der Waals surface area contributed by atoms with Crippen molar-refractivity contribution in [2.45, 2.75) is 20.1 Å². The Balaban J connectivity index is 2.08. The molecule has 19 heavy (non-hydrogen) atoms. The van der Waals surface area contributed by atoms with E-state index in [4.69, 9.17) is 4.74 Å². The van der Waals surface area contributed by atoms with Gasteiger partial charge >= 0.3 is 0 Å². The Kier molecular flexibility index (Phi) is 5.81. The summed E-state index contributed by atoms with van der Waals surface area (Å²) in [4.78, 5) is 5.14. The minimum atomic E-state index is 0.536. The van der Waals surface area contributed by atoms with E-state index in [1.807, 2.05) is 11.7 Å². The van der Waals surface area contributed by atoms with Gasteiger partial charge in [-0.15, -0.1) is 11.3 Å². The van der Waals surface area contributed by atoms with Gasteiger partial charge in [0.25, 0.3) is 0 Å². The molecule has 0 amide bonds. The zero-order chi connectivity index (χ0) is 13.7. The fourth-order valence-corrected chi connectivity index (χ4v) is 3.59. The van der Waals surface area contributed by atoms with Crippen molar-refractivity contribution in [2.75, 3.05) is 6.54 Å². The maximum Gasteiger partial charge on any atom is 0.148 e. The molecule has 1 N–H and O–H groups in total. The lowest BCUT2D eigenvalue weighted by atomic mass is 10.2. The average Bonchev–Trinajstić information content (AvgIpc) is 2.88. The zero-order valence-electron chi connectivity index (χ0n) is 10.5. The van der Waals surface area contributed by atoms with Crippen LogP contribution in [0.4, 0.5) is 0 Å². The summed E-state index contributed by atoms with van der Waals surface area (Å²) in [6.07, 6.45) is 1.83. The Morgan fingerprint density at radius 2 is 2.05 bits per heavy atom. The van der Waals surface area contributed by atoms with Crippen LogP contribution >= 0.6 is 43.2 Å². The summed E-state index contributed by atoms with van der Waals surface area (Å²) in [5.74, 6) is 0.827. The number of benzene rings is 1. The van der Waals surface area contributed by atoms with Gasteiger partial charge in [-0.25, -0.2) is 0 Å². The van der Waals surface area contributed by atoms with E-state index < -0.39 is 0 Å². The van der Waals surface area contributed by atoms with Crippen molar-refractivity contribution in [1.29, 1.82) is 0 Å². The van der Waals surface area contributed by atoms with E-state index in [1.54, 1.807) is 11.3 Å². The summed E-state index contributed by atoms with van der Waals surface area (Å²) >= 11 is 8.71. The quantitative estimate of drug-likeness (QED) is 0.775. The smallest absolute Gasteiger partial charge is 0.148 e. The first-order valence-corrected chi connectivity index (χ1v) is 8.36. The molecule has 1 aromatic heterocycles. The molecule has 2 aromatic rings. The fraction of sp³-hybridized carbons (Fsp3) is 0.308. The second-order valence-corrected chi connectivity index (χ2v) is 6.60. The summed E-state index contributed by atoms with van der Waals surface area (Å²) in [6, 6.07) is 4.16. The predicted octanol–water partition coefficient (Wildman–Crippen LogP) is 4.36. The maximum atomic E-state index is 5.83. The summed E-state index contributed by atoms with van der Waals surface area (Å²) in [6.45, 7) is 4.44. The van der Waals surface area contributed by atoms with Crippen LogP contribution in [0.3, 0.4) is 0 Å². The molecule has 0 atom stereocenters. The van der Waals surface area contributed by atoms with Crippen LogP contribution in [0.25, 0.3) is 0 Å². The van der Waals surface area contributed by atoms with E-state index in [0.717, 1.165) is 32.7 Å². The molecule has 3 nitrogen and oxygen atoms in total. The van der Waals surface area contributed by atoms with Crippen LogP contribution in [-0.4, -0.2) is 11.5 Å². The second kappa shape index (κ2) is 7.38. The van der Waals surface area contributed by atoms with E-state index >= 15 is 0 Å². The molecule has 0 fully saturated rings. The summed E-state index contributed by atoms with van der Waals surface area (Å²) in [7, 11) is 0. The number of nitrogens with zero attached hydrogens (tertiary/aromatic N) is 1. The van der Waals surface area contributed by atoms with E-state index in [-0.39, 0.29) is 0 Å². The lowest BCUT2D eigenvalue weighted by Gasteiger charge is -2.12. The number of halogens is 2. The van der Waals surface area contributed by atoms with Crippen molar-refractivity contribution >= 4 is 43.2 Å². The van der Waals surface area contributed by atoms with Gasteiger partial charge in [0.1, 0.15) is 12.4 Å². The van der Waals surface area contributed by atoms with Crippen LogP contribution in [0.2, 0.25) is 0 Å². The highest BCUT2D eigenvalue weighted by molar-refractivity contribution is 9.11. The normalized spacial score (nSPS) is 10.7. The van der Waals surface area contributed by atoms with E-state index in [2.05, 4.69) is 61.2 Å². The van der Waals surface area contributed by atoms with Gasteiger partial charge in [-0.1, -0.05) is 6.92 Å². The van der Waals surface area contributed by atoms with Gasteiger partial charge in [0, 0.05) is 12.7 Å². The molecule has 0 aliphatic rings. The molecule has 0 aliphatic carbocycles. The first-order chi connectivity index (χ1) is 9.20. The van der Waals surface area contributed by atoms with Crippen molar-refractivity contribution in [3.05, 3.63) is 43.2 Å². The maximum absolute atomic E-state index is 5.83. The first-order valence-electron chi connectivity index (χ1n) is 5.89. The van der Waals surface area contributed by atoms with Crippen LogP contribution in [0.1, 0.15) is 17.4 Å². The minimum absolute atomic E-state index is 0.536. The first kappa shape index (κ1) is 15.0. The number of ether oxygens (including phenoxy) is 1.